The van der Waals surface area contributed by atoms with E-state index in [0.717, 1.165) is 57.8 Å². The van der Waals surface area contributed by atoms with Crippen molar-refractivity contribution in [3.05, 3.63) is 22.8 Å². The third-order valence-electron chi connectivity index (χ3n) is 13.8. The molecule has 44 heavy (non-hydrogen) atoms. The molecule has 0 aromatic carbocycles. The summed E-state index contributed by atoms with van der Waals surface area (Å²) in [6, 6.07) is 0. The Labute approximate surface area is 264 Å². The van der Waals surface area contributed by atoms with Crippen LogP contribution >= 0.6 is 0 Å². The van der Waals surface area contributed by atoms with Crippen LogP contribution in [-0.4, -0.2) is 58.3 Å². The molecule has 0 amide bonds. The summed E-state index contributed by atoms with van der Waals surface area (Å²) in [7, 11) is 0. The molecule has 1 saturated heterocycles. The van der Waals surface area contributed by atoms with E-state index in [9.17, 15) is 24.9 Å². The molecule has 1 heterocycles. The summed E-state index contributed by atoms with van der Waals surface area (Å²) < 4.78 is 11.3. The molecule has 2 saturated carbocycles. The van der Waals surface area contributed by atoms with Crippen molar-refractivity contribution in [1.29, 1.82) is 0 Å². The Kier molecular flexibility index (Phi) is 9.16. The average Bonchev–Trinajstić information content (AvgIpc) is 3.21. The lowest BCUT2D eigenvalue weighted by molar-refractivity contribution is -0.265. The molecule has 0 radical (unpaired) electrons. The maximum Gasteiger partial charge on any atom is 0.311 e. The minimum absolute atomic E-state index is 0.0169. The number of hydrogen-bond acceptors (Lipinski definition) is 7. The molecule has 5 aliphatic rings. The van der Waals surface area contributed by atoms with Gasteiger partial charge in [-0.25, -0.2) is 0 Å². The Morgan fingerprint density at radius 3 is 2.30 bits per heavy atom. The van der Waals surface area contributed by atoms with E-state index in [2.05, 4.69) is 54.5 Å². The van der Waals surface area contributed by atoms with Crippen LogP contribution in [0.2, 0.25) is 0 Å². The van der Waals surface area contributed by atoms with Crippen LogP contribution in [0.5, 0.6) is 0 Å². The van der Waals surface area contributed by atoms with Crippen molar-refractivity contribution >= 4 is 11.8 Å². The number of ketones is 1. The van der Waals surface area contributed by atoms with Gasteiger partial charge >= 0.3 is 5.97 Å². The van der Waals surface area contributed by atoms with Gasteiger partial charge in [0.05, 0.1) is 12.5 Å². The van der Waals surface area contributed by atoms with Crippen LogP contribution in [0.3, 0.4) is 0 Å². The van der Waals surface area contributed by atoms with Gasteiger partial charge in [-0.2, -0.15) is 0 Å². The van der Waals surface area contributed by atoms with Crippen molar-refractivity contribution in [3.63, 3.8) is 0 Å². The fourth-order valence-corrected chi connectivity index (χ4v) is 11.2. The van der Waals surface area contributed by atoms with Crippen molar-refractivity contribution in [2.24, 2.45) is 45.3 Å². The summed E-state index contributed by atoms with van der Waals surface area (Å²) in [5.41, 5.74) is 4.47. The first-order chi connectivity index (χ1) is 20.5. The van der Waals surface area contributed by atoms with Crippen molar-refractivity contribution in [1.82, 2.24) is 0 Å². The first-order valence-electron chi connectivity index (χ1n) is 17.2. The summed E-state index contributed by atoms with van der Waals surface area (Å²) in [6.07, 6.45) is 6.40. The predicted molar refractivity (Wildman–Crippen MR) is 169 cm³/mol. The van der Waals surface area contributed by atoms with E-state index in [-0.39, 0.29) is 52.0 Å². The minimum Gasteiger partial charge on any atom is -0.433 e. The monoisotopic (exact) mass is 614 g/mol. The summed E-state index contributed by atoms with van der Waals surface area (Å²) in [6.45, 7) is 17.7. The molecule has 3 N–H and O–H groups in total. The second-order valence-electron chi connectivity index (χ2n) is 16.5. The fourth-order valence-electron chi connectivity index (χ4n) is 11.2. The van der Waals surface area contributed by atoms with Crippen molar-refractivity contribution in [2.75, 3.05) is 6.61 Å². The number of fused-ring (bicyclic) bond motifs is 4. The lowest BCUT2D eigenvalue weighted by atomic mass is 9.42. The number of allylic oxidation sites excluding steroid dienone is 4. The van der Waals surface area contributed by atoms with Crippen molar-refractivity contribution in [2.45, 2.75) is 144 Å². The SMILES string of the molecule is CC(=O)[C@@H]1CC[C@]2(C)C3=C(CC[C@H]2C1(C)C)[C@]1(C)CC[C@H]([C@@H](CCC=C(C)C)C(=O)O[C@@H]2OC[C@@H](O)[C@H](O)[C@H]2O)[C@@]1(C)CC3. The molecule has 11 atom stereocenters. The summed E-state index contributed by atoms with van der Waals surface area (Å²) in [5.74, 6) is 0.329. The number of aliphatic hydroxyl groups excluding tert-OH is 3. The van der Waals surface area contributed by atoms with Crippen LogP contribution in [0.15, 0.2) is 22.8 Å². The Morgan fingerprint density at radius 2 is 1.64 bits per heavy atom. The number of hydrogen-bond donors (Lipinski definition) is 3. The van der Waals surface area contributed by atoms with E-state index >= 15 is 0 Å². The Hall–Kier alpha value is -1.54. The van der Waals surface area contributed by atoms with Gasteiger partial charge in [-0.1, -0.05) is 57.4 Å². The maximum absolute atomic E-state index is 14.0. The van der Waals surface area contributed by atoms with Crippen LogP contribution in [0.25, 0.3) is 0 Å². The Balaban J connectivity index is 1.45. The largest absolute Gasteiger partial charge is 0.433 e. The van der Waals surface area contributed by atoms with E-state index in [0.29, 0.717) is 18.1 Å². The smallest absolute Gasteiger partial charge is 0.311 e. The van der Waals surface area contributed by atoms with Gasteiger partial charge in [-0.3, -0.25) is 9.59 Å². The van der Waals surface area contributed by atoms with Gasteiger partial charge in [0.1, 0.15) is 24.1 Å². The third kappa shape index (κ3) is 5.26. The molecular formula is C37H58O7. The molecule has 0 aromatic rings. The van der Waals surface area contributed by atoms with Gasteiger partial charge in [-0.05, 0) is 118 Å². The molecule has 0 unspecified atom stereocenters. The molecule has 3 fully saturated rings. The predicted octanol–water partition coefficient (Wildman–Crippen LogP) is 6.29. The van der Waals surface area contributed by atoms with E-state index in [1.165, 1.54) is 5.57 Å². The van der Waals surface area contributed by atoms with Crippen LogP contribution in [-0.2, 0) is 19.1 Å². The lowest BCUT2D eigenvalue weighted by Gasteiger charge is -2.62. The molecule has 7 nitrogen and oxygen atoms in total. The summed E-state index contributed by atoms with van der Waals surface area (Å²) in [4.78, 5) is 26.7. The van der Waals surface area contributed by atoms with E-state index < -0.39 is 24.6 Å². The van der Waals surface area contributed by atoms with Gasteiger partial charge in [0.25, 0.3) is 0 Å². The minimum atomic E-state index is -1.49. The quantitative estimate of drug-likeness (QED) is 0.228. The summed E-state index contributed by atoms with van der Waals surface area (Å²) >= 11 is 0. The highest BCUT2D eigenvalue weighted by Gasteiger charge is 2.64. The zero-order chi connectivity index (χ0) is 32.4. The molecule has 248 valence electrons. The molecule has 4 aliphatic carbocycles. The Morgan fingerprint density at radius 1 is 0.932 bits per heavy atom. The third-order valence-corrected chi connectivity index (χ3v) is 13.8. The fraction of sp³-hybridized carbons (Fsp3) is 0.838. The van der Waals surface area contributed by atoms with Crippen LogP contribution in [0.1, 0.15) is 120 Å². The molecule has 5 rings (SSSR count). The normalized spacial score (nSPS) is 43.8. The first-order valence-corrected chi connectivity index (χ1v) is 17.2. The van der Waals surface area contributed by atoms with Gasteiger partial charge in [0.2, 0.25) is 6.29 Å². The lowest BCUT2D eigenvalue weighted by Crippen LogP contribution is -2.55. The molecular weight excluding hydrogens is 556 g/mol. The van der Waals surface area contributed by atoms with Gasteiger partial charge in [0.15, 0.2) is 0 Å². The highest BCUT2D eigenvalue weighted by molar-refractivity contribution is 5.79. The molecule has 1 aliphatic heterocycles. The number of aliphatic hydroxyl groups is 3. The maximum atomic E-state index is 14.0. The van der Waals surface area contributed by atoms with Crippen LogP contribution < -0.4 is 0 Å². The number of carbonyl (C=O) groups excluding carboxylic acids is 2. The molecule has 0 spiro atoms. The summed E-state index contributed by atoms with van der Waals surface area (Å²) in [5, 5.41) is 30.6. The second-order valence-corrected chi connectivity index (χ2v) is 16.5. The van der Waals surface area contributed by atoms with Gasteiger partial charge in [0, 0.05) is 5.92 Å². The number of ether oxygens (including phenoxy) is 2. The number of Topliss-reactive ketones (excluding diaryl/α,β-unsaturated/α-hetero) is 1. The van der Waals surface area contributed by atoms with E-state index in [1.54, 1.807) is 18.1 Å². The first kappa shape index (κ1) is 33.8. The zero-order valence-corrected chi connectivity index (χ0v) is 28.4. The second kappa shape index (κ2) is 11.9. The van der Waals surface area contributed by atoms with Crippen LogP contribution in [0.4, 0.5) is 0 Å². The van der Waals surface area contributed by atoms with E-state index in [1.807, 2.05) is 0 Å². The zero-order valence-electron chi connectivity index (χ0n) is 28.4. The highest BCUT2D eigenvalue weighted by atomic mass is 16.7. The topological polar surface area (TPSA) is 113 Å². The molecule has 0 bridgehead atoms. The van der Waals surface area contributed by atoms with Crippen molar-refractivity contribution in [3.8, 4) is 0 Å². The van der Waals surface area contributed by atoms with Crippen LogP contribution in [0, 0.1) is 45.3 Å². The van der Waals surface area contributed by atoms with E-state index in [4.69, 9.17) is 9.47 Å². The average molecular weight is 615 g/mol. The standard InChI is InChI=1S/C37H58O7/c1-21(2)10-9-11-23(32(42)44-33-31(41)30(40)28(39)20-43-33)25-15-18-37(8)27-12-13-29-34(4,5)24(22(3)38)14-17-35(29,6)26(27)16-19-36(25,37)7/h10,23-25,28-31,33,39-41H,9,11-20H2,1-8H3/t23-,24+,25-,28-,29+,30+,31-,33+,35-,36-,37+/m1/s1. The molecule has 0 aromatic heterocycles. The highest BCUT2D eigenvalue weighted by Crippen LogP contribution is 2.73. The number of rotatable bonds is 7. The van der Waals surface area contributed by atoms with Crippen molar-refractivity contribution < 1.29 is 34.4 Å². The van der Waals surface area contributed by atoms with Gasteiger partial charge < -0.3 is 24.8 Å². The molecule has 7 heteroatoms. The van der Waals surface area contributed by atoms with Gasteiger partial charge in [-0.15, -0.1) is 0 Å². The number of esters is 1. The number of carbonyl (C=O) groups is 2. The Bertz CT molecular complexity index is 1200.